The van der Waals surface area contributed by atoms with Crippen LogP contribution in [0.2, 0.25) is 0 Å². The van der Waals surface area contributed by atoms with Gasteiger partial charge in [0.25, 0.3) is 0 Å². The highest BCUT2D eigenvalue weighted by molar-refractivity contribution is 5.82. The van der Waals surface area contributed by atoms with Crippen molar-refractivity contribution in [3.05, 3.63) is 59.7 Å². The van der Waals surface area contributed by atoms with E-state index in [0.717, 1.165) is 11.1 Å². The largest absolute Gasteiger partial charge is 0.479 e. The number of nitrogens with one attached hydrogen (secondary N) is 2. The average molecular weight is 465 g/mol. The monoisotopic (exact) mass is 464 g/mol. The number of hydrogen-bond donors (Lipinski definition) is 3. The molecule has 8 nitrogen and oxygen atoms in total. The molecular formula is C26H28N2O6. The van der Waals surface area contributed by atoms with Crippen LogP contribution in [-0.4, -0.2) is 55.5 Å². The highest BCUT2D eigenvalue weighted by atomic mass is 16.5. The fourth-order valence-corrected chi connectivity index (χ4v) is 5.14. The van der Waals surface area contributed by atoms with Gasteiger partial charge < -0.3 is 25.2 Å². The van der Waals surface area contributed by atoms with Crippen molar-refractivity contribution in [2.75, 3.05) is 26.3 Å². The zero-order valence-electron chi connectivity index (χ0n) is 18.7. The first-order valence-electron chi connectivity index (χ1n) is 11.7. The SMILES string of the molecule is O=C(NCC1CC1C(=O)NCC1CCOC1C(=O)O)OCC1c2ccccc2-c2ccccc21. The first-order chi connectivity index (χ1) is 16.5. The summed E-state index contributed by atoms with van der Waals surface area (Å²) in [5.74, 6) is -1.40. The molecule has 0 spiro atoms. The van der Waals surface area contributed by atoms with Gasteiger partial charge in [0.15, 0.2) is 6.10 Å². The Labute approximate surface area is 197 Å². The molecule has 3 aliphatic rings. The zero-order chi connectivity index (χ0) is 23.7. The van der Waals surface area contributed by atoms with Crippen molar-refractivity contribution in [3.8, 4) is 11.1 Å². The number of amides is 2. The summed E-state index contributed by atoms with van der Waals surface area (Å²) < 4.78 is 10.8. The van der Waals surface area contributed by atoms with Gasteiger partial charge in [-0.15, -0.1) is 0 Å². The molecule has 4 unspecified atom stereocenters. The molecule has 2 amide bonds. The van der Waals surface area contributed by atoms with Crippen molar-refractivity contribution >= 4 is 18.0 Å². The van der Waals surface area contributed by atoms with Crippen LogP contribution in [0.3, 0.4) is 0 Å². The Morgan fingerprint density at radius 3 is 2.26 bits per heavy atom. The predicted octanol–water partition coefficient (Wildman–Crippen LogP) is 2.77. The van der Waals surface area contributed by atoms with E-state index in [0.29, 0.717) is 32.5 Å². The second kappa shape index (κ2) is 9.46. The normalized spacial score (nSPS) is 24.7. The summed E-state index contributed by atoms with van der Waals surface area (Å²) in [7, 11) is 0. The quantitative estimate of drug-likeness (QED) is 0.554. The van der Waals surface area contributed by atoms with Crippen molar-refractivity contribution in [2.45, 2.75) is 24.9 Å². The Morgan fingerprint density at radius 2 is 1.59 bits per heavy atom. The minimum Gasteiger partial charge on any atom is -0.479 e. The number of alkyl carbamates (subject to hydrolysis) is 1. The summed E-state index contributed by atoms with van der Waals surface area (Å²) >= 11 is 0. The van der Waals surface area contributed by atoms with Crippen LogP contribution in [0.5, 0.6) is 0 Å². The van der Waals surface area contributed by atoms with Crippen LogP contribution < -0.4 is 10.6 Å². The molecular weight excluding hydrogens is 436 g/mol. The minimum atomic E-state index is -0.992. The zero-order valence-corrected chi connectivity index (χ0v) is 18.7. The predicted molar refractivity (Wildman–Crippen MR) is 123 cm³/mol. The maximum atomic E-state index is 12.4. The summed E-state index contributed by atoms with van der Waals surface area (Å²) in [5, 5.41) is 14.8. The van der Waals surface area contributed by atoms with Gasteiger partial charge in [-0.2, -0.15) is 0 Å². The van der Waals surface area contributed by atoms with Crippen molar-refractivity contribution in [1.82, 2.24) is 10.6 Å². The van der Waals surface area contributed by atoms with E-state index in [1.165, 1.54) is 11.1 Å². The minimum absolute atomic E-state index is 0.00629. The van der Waals surface area contributed by atoms with E-state index < -0.39 is 18.2 Å². The fourth-order valence-electron chi connectivity index (χ4n) is 5.14. The molecule has 34 heavy (non-hydrogen) atoms. The maximum absolute atomic E-state index is 12.4. The number of carboxylic acids is 1. The third-order valence-electron chi connectivity index (χ3n) is 7.11. The van der Waals surface area contributed by atoms with Crippen molar-refractivity contribution in [2.24, 2.45) is 17.8 Å². The molecule has 1 saturated heterocycles. The van der Waals surface area contributed by atoms with E-state index in [9.17, 15) is 14.4 Å². The van der Waals surface area contributed by atoms with E-state index in [-0.39, 0.29) is 36.2 Å². The Bertz CT molecular complexity index is 1060. The number of rotatable bonds is 8. The molecule has 1 heterocycles. The number of ether oxygens (including phenoxy) is 2. The van der Waals surface area contributed by atoms with E-state index >= 15 is 0 Å². The van der Waals surface area contributed by atoms with Crippen molar-refractivity contribution < 1.29 is 29.0 Å². The topological polar surface area (TPSA) is 114 Å². The number of hydrogen-bond acceptors (Lipinski definition) is 5. The summed E-state index contributed by atoms with van der Waals surface area (Å²) in [6, 6.07) is 16.4. The Kier molecular flexibility index (Phi) is 6.24. The van der Waals surface area contributed by atoms with Gasteiger partial charge in [-0.3, -0.25) is 4.79 Å². The molecule has 1 saturated carbocycles. The lowest BCUT2D eigenvalue weighted by Crippen LogP contribution is -2.37. The Hall–Kier alpha value is -3.39. The van der Waals surface area contributed by atoms with Crippen LogP contribution >= 0.6 is 0 Å². The van der Waals surface area contributed by atoms with E-state index in [1.54, 1.807) is 0 Å². The summed E-state index contributed by atoms with van der Waals surface area (Å²) in [4.78, 5) is 35.9. The number of benzene rings is 2. The lowest BCUT2D eigenvalue weighted by atomic mass is 9.98. The van der Waals surface area contributed by atoms with Gasteiger partial charge in [0.05, 0.1) is 0 Å². The van der Waals surface area contributed by atoms with Gasteiger partial charge in [0, 0.05) is 37.5 Å². The van der Waals surface area contributed by atoms with E-state index in [1.807, 2.05) is 24.3 Å². The lowest BCUT2D eigenvalue weighted by Gasteiger charge is -2.15. The van der Waals surface area contributed by atoms with Crippen molar-refractivity contribution in [1.29, 1.82) is 0 Å². The van der Waals surface area contributed by atoms with Gasteiger partial charge in [-0.05, 0) is 41.0 Å². The second-order valence-corrected chi connectivity index (χ2v) is 9.23. The number of carboxylic acid groups (broad SMARTS) is 1. The highest BCUT2D eigenvalue weighted by Crippen LogP contribution is 2.44. The number of carbonyl (C=O) groups excluding carboxylic acids is 2. The molecule has 4 atom stereocenters. The van der Waals surface area contributed by atoms with E-state index in [4.69, 9.17) is 14.6 Å². The number of carbonyl (C=O) groups is 3. The maximum Gasteiger partial charge on any atom is 0.407 e. The molecule has 0 radical (unpaired) electrons. The molecule has 2 aromatic carbocycles. The smallest absolute Gasteiger partial charge is 0.407 e. The molecule has 8 heteroatoms. The summed E-state index contributed by atoms with van der Waals surface area (Å²) in [5.41, 5.74) is 4.68. The molecule has 0 aromatic heterocycles. The van der Waals surface area contributed by atoms with Crippen LogP contribution in [0.4, 0.5) is 4.79 Å². The van der Waals surface area contributed by atoms with Gasteiger partial charge >= 0.3 is 12.1 Å². The highest BCUT2D eigenvalue weighted by Gasteiger charge is 2.43. The van der Waals surface area contributed by atoms with Gasteiger partial charge in [-0.25, -0.2) is 9.59 Å². The van der Waals surface area contributed by atoms with Crippen molar-refractivity contribution in [3.63, 3.8) is 0 Å². The molecule has 5 rings (SSSR count). The molecule has 2 aromatic rings. The molecule has 2 aliphatic carbocycles. The van der Waals surface area contributed by atoms with Gasteiger partial charge in [0.1, 0.15) is 6.61 Å². The molecule has 0 bridgehead atoms. The van der Waals surface area contributed by atoms with Gasteiger partial charge in [-0.1, -0.05) is 48.5 Å². The fraction of sp³-hybridized carbons (Fsp3) is 0.423. The average Bonchev–Trinajstić information content (AvgIpc) is 3.34. The number of aliphatic carboxylic acids is 1. The first-order valence-corrected chi connectivity index (χ1v) is 11.7. The Balaban J connectivity index is 1.06. The second-order valence-electron chi connectivity index (χ2n) is 9.23. The van der Waals surface area contributed by atoms with Gasteiger partial charge in [0.2, 0.25) is 5.91 Å². The van der Waals surface area contributed by atoms with Crippen LogP contribution in [0.15, 0.2) is 48.5 Å². The third-order valence-corrected chi connectivity index (χ3v) is 7.11. The van der Waals surface area contributed by atoms with Crippen LogP contribution in [0.25, 0.3) is 11.1 Å². The molecule has 178 valence electrons. The third kappa shape index (κ3) is 4.50. The molecule has 1 aliphatic heterocycles. The summed E-state index contributed by atoms with van der Waals surface area (Å²) in [6.07, 6.45) is -0.0286. The molecule has 3 N–H and O–H groups in total. The standard InChI is InChI=1S/C26H28N2O6/c29-24(27-12-15-9-10-33-23(15)25(30)31)21-11-16(21)13-28-26(32)34-14-22-19-7-3-1-5-17(19)18-6-2-4-8-20(18)22/h1-8,15-16,21-23H,9-14H2,(H,27,29)(H,28,32)(H,30,31). The number of fused-ring (bicyclic) bond motifs is 3. The van der Waals surface area contributed by atoms with Crippen LogP contribution in [0.1, 0.15) is 29.9 Å². The lowest BCUT2D eigenvalue weighted by molar-refractivity contribution is -0.149. The molecule has 2 fully saturated rings. The Morgan fingerprint density at radius 1 is 0.941 bits per heavy atom. The van der Waals surface area contributed by atoms with Crippen LogP contribution in [-0.2, 0) is 19.1 Å². The summed E-state index contributed by atoms with van der Waals surface area (Å²) in [6.45, 7) is 1.31. The van der Waals surface area contributed by atoms with Crippen LogP contribution in [0, 0.1) is 17.8 Å². The van der Waals surface area contributed by atoms with E-state index in [2.05, 4.69) is 34.9 Å². The first kappa shape index (κ1) is 22.4.